The number of hydrazine groups is 1. The van der Waals surface area contributed by atoms with Crippen molar-refractivity contribution in [3.8, 4) is 0 Å². The van der Waals surface area contributed by atoms with Gasteiger partial charge < -0.3 is 21.3 Å². The number of nitrogens with one attached hydrogen (secondary N) is 3. The van der Waals surface area contributed by atoms with Crippen molar-refractivity contribution in [1.29, 1.82) is 0 Å². The predicted molar refractivity (Wildman–Crippen MR) is 113 cm³/mol. The van der Waals surface area contributed by atoms with Crippen molar-refractivity contribution in [3.63, 3.8) is 0 Å². The molecule has 0 aromatic heterocycles. The van der Waals surface area contributed by atoms with E-state index in [9.17, 15) is 9.70 Å². The number of anilines is 1. The molecule has 0 aliphatic carbocycles. The number of nitrogens with zero attached hydrogens (tertiary/aromatic N) is 3. The lowest BCUT2D eigenvalue weighted by Crippen LogP contribution is -2.64. The molecule has 2 fully saturated rings. The zero-order chi connectivity index (χ0) is 20.2. The number of carbonyl (C=O) groups excluding carboxylic acids is 1. The number of benzene rings is 1. The SMILES string of the molecule is NCCNC(=O)C1=CN(C2CC(Nc3ccccc3)N3C(CC[N+]3=O)N2)CCS1. The Bertz CT molecular complexity index is 775. The molecule has 3 aliphatic rings. The summed E-state index contributed by atoms with van der Waals surface area (Å²) in [6, 6.07) is 9.95. The van der Waals surface area contributed by atoms with Crippen molar-refractivity contribution in [2.45, 2.75) is 31.3 Å². The van der Waals surface area contributed by atoms with Crippen LogP contribution in [0, 0.1) is 4.91 Å². The molecule has 10 heteroatoms. The Hall–Kier alpha value is -2.30. The fraction of sp³-hybridized carbons (Fsp3) is 0.526. The Morgan fingerprint density at radius 3 is 2.93 bits per heavy atom. The maximum absolute atomic E-state index is 12.4. The Balaban J connectivity index is 1.50. The molecule has 3 atom stereocenters. The second-order valence-corrected chi connectivity index (χ2v) is 8.47. The second kappa shape index (κ2) is 9.02. The van der Waals surface area contributed by atoms with Gasteiger partial charge in [0.25, 0.3) is 5.91 Å². The molecule has 3 unspecified atom stereocenters. The van der Waals surface area contributed by atoms with E-state index in [1.54, 1.807) is 11.8 Å². The van der Waals surface area contributed by atoms with Gasteiger partial charge in [0.1, 0.15) is 11.0 Å². The summed E-state index contributed by atoms with van der Waals surface area (Å²) in [4.78, 5) is 28.7. The van der Waals surface area contributed by atoms with Gasteiger partial charge in [-0.3, -0.25) is 10.1 Å². The van der Waals surface area contributed by atoms with Crippen LogP contribution < -0.4 is 21.7 Å². The first-order chi connectivity index (χ1) is 14.2. The highest BCUT2D eigenvalue weighted by atomic mass is 32.2. The summed E-state index contributed by atoms with van der Waals surface area (Å²) < 4.78 is 0. The van der Waals surface area contributed by atoms with Crippen LogP contribution in [0.3, 0.4) is 0 Å². The van der Waals surface area contributed by atoms with Crippen molar-refractivity contribution in [2.75, 3.05) is 37.2 Å². The van der Waals surface area contributed by atoms with Gasteiger partial charge in [-0.2, -0.15) is 0 Å². The highest BCUT2D eigenvalue weighted by Gasteiger charge is 2.49. The largest absolute Gasteiger partial charge is 0.361 e. The zero-order valence-corrected chi connectivity index (χ0v) is 17.1. The predicted octanol–water partition coefficient (Wildman–Crippen LogP) is 0.435. The van der Waals surface area contributed by atoms with E-state index < -0.39 is 0 Å². The molecule has 9 nitrogen and oxygen atoms in total. The van der Waals surface area contributed by atoms with Crippen LogP contribution in [0.4, 0.5) is 5.69 Å². The van der Waals surface area contributed by atoms with Crippen LogP contribution in [0.2, 0.25) is 0 Å². The fourth-order valence-corrected chi connectivity index (χ4v) is 4.95. The monoisotopic (exact) mass is 418 g/mol. The third-order valence-corrected chi connectivity index (χ3v) is 6.36. The average molecular weight is 419 g/mol. The Morgan fingerprint density at radius 2 is 2.14 bits per heavy atom. The summed E-state index contributed by atoms with van der Waals surface area (Å²) in [5.41, 5.74) is 6.48. The number of carbonyl (C=O) groups is 1. The molecule has 1 aromatic carbocycles. The van der Waals surface area contributed by atoms with Gasteiger partial charge in [-0.05, 0) is 12.1 Å². The normalized spacial score (nSPS) is 26.7. The smallest absolute Gasteiger partial charge is 0.259 e. The van der Waals surface area contributed by atoms with Gasteiger partial charge in [0, 0.05) is 43.7 Å². The van der Waals surface area contributed by atoms with E-state index in [4.69, 9.17) is 5.73 Å². The van der Waals surface area contributed by atoms with E-state index in [0.29, 0.717) is 31.0 Å². The highest BCUT2D eigenvalue weighted by Crippen LogP contribution is 2.30. The molecule has 1 aromatic rings. The van der Waals surface area contributed by atoms with Gasteiger partial charge >= 0.3 is 0 Å². The van der Waals surface area contributed by atoms with Gasteiger partial charge in [0.2, 0.25) is 6.54 Å². The van der Waals surface area contributed by atoms with Gasteiger partial charge in [-0.15, -0.1) is 16.8 Å². The summed E-state index contributed by atoms with van der Waals surface area (Å²) in [5.74, 6) is 0.770. The number of hydrogen-bond acceptors (Lipinski definition) is 7. The molecule has 0 spiro atoms. The van der Waals surface area contributed by atoms with Crippen LogP contribution in [-0.4, -0.2) is 71.1 Å². The van der Waals surface area contributed by atoms with E-state index in [1.807, 2.05) is 41.5 Å². The average Bonchev–Trinajstić information content (AvgIpc) is 3.14. The van der Waals surface area contributed by atoms with E-state index in [0.717, 1.165) is 29.3 Å². The molecule has 0 saturated carbocycles. The Kier molecular flexibility index (Phi) is 6.22. The maximum atomic E-state index is 12.4. The molecule has 156 valence electrons. The van der Waals surface area contributed by atoms with Crippen LogP contribution in [0.1, 0.15) is 12.8 Å². The second-order valence-electron chi connectivity index (χ2n) is 7.33. The van der Waals surface area contributed by atoms with E-state index in [1.165, 1.54) is 0 Å². The van der Waals surface area contributed by atoms with E-state index in [2.05, 4.69) is 20.9 Å². The maximum Gasteiger partial charge on any atom is 0.259 e. The first-order valence-corrected chi connectivity index (χ1v) is 11.0. The molecular weight excluding hydrogens is 390 g/mol. The van der Waals surface area contributed by atoms with Gasteiger partial charge in [0.15, 0.2) is 6.17 Å². The minimum absolute atomic E-state index is 0.0232. The third kappa shape index (κ3) is 4.49. The number of amides is 1. The number of rotatable bonds is 6. The fourth-order valence-electron chi connectivity index (χ4n) is 4.02. The molecule has 1 amide bonds. The van der Waals surface area contributed by atoms with Crippen molar-refractivity contribution in [3.05, 3.63) is 46.3 Å². The summed E-state index contributed by atoms with van der Waals surface area (Å²) in [5, 5.41) is 11.8. The lowest BCUT2D eigenvalue weighted by Gasteiger charge is -2.43. The molecule has 0 bridgehead atoms. The molecule has 5 N–H and O–H groups in total. The van der Waals surface area contributed by atoms with Crippen molar-refractivity contribution in [2.24, 2.45) is 5.73 Å². The minimum Gasteiger partial charge on any atom is -0.361 e. The third-order valence-electron chi connectivity index (χ3n) is 5.37. The molecule has 3 heterocycles. The van der Waals surface area contributed by atoms with Gasteiger partial charge in [0.05, 0.1) is 22.4 Å². The molecule has 2 saturated heterocycles. The minimum atomic E-state index is -0.119. The topological polar surface area (TPSA) is 106 Å². The summed E-state index contributed by atoms with van der Waals surface area (Å²) in [6.45, 7) is 2.23. The van der Waals surface area contributed by atoms with Gasteiger partial charge in [-0.1, -0.05) is 18.2 Å². The number of nitrogens with two attached hydrogens (primary N) is 1. The van der Waals surface area contributed by atoms with Crippen LogP contribution in [0.15, 0.2) is 41.4 Å². The number of hydrogen-bond donors (Lipinski definition) is 4. The number of fused-ring (bicyclic) bond motifs is 1. The highest BCUT2D eigenvalue weighted by molar-refractivity contribution is 8.04. The standard InChI is InChI=1S/C19H27N7O2S/c20-7-8-21-19(27)15-13-24(10-11-29-15)17-12-18(22-14-4-2-1-3-5-14)26-16(23-17)6-9-25(26)28/h1-5,13,16-18,22-23H,6-12,20H2/p+1. The number of para-hydroxylation sites is 1. The first-order valence-electron chi connectivity index (χ1n) is 10.0. The first kappa shape index (κ1) is 20.0. The lowest BCUT2D eigenvalue weighted by molar-refractivity contribution is -0.700. The van der Waals surface area contributed by atoms with Gasteiger partial charge in [-0.25, -0.2) is 0 Å². The summed E-state index contributed by atoms with van der Waals surface area (Å²) in [7, 11) is 0. The van der Waals surface area contributed by atoms with E-state index in [-0.39, 0.29) is 24.4 Å². The molecule has 4 rings (SSSR count). The Labute approximate surface area is 174 Å². The van der Waals surface area contributed by atoms with Crippen LogP contribution >= 0.6 is 11.8 Å². The summed E-state index contributed by atoms with van der Waals surface area (Å²) >= 11 is 1.57. The summed E-state index contributed by atoms with van der Waals surface area (Å²) in [6.07, 6.45) is 3.32. The zero-order valence-electron chi connectivity index (χ0n) is 16.3. The lowest BCUT2D eigenvalue weighted by atomic mass is 10.1. The van der Waals surface area contributed by atoms with Crippen LogP contribution in [-0.2, 0) is 4.79 Å². The van der Waals surface area contributed by atoms with E-state index >= 15 is 0 Å². The number of thioether (sulfide) groups is 1. The Morgan fingerprint density at radius 1 is 1.31 bits per heavy atom. The van der Waals surface area contributed by atoms with Crippen LogP contribution in [0.5, 0.6) is 0 Å². The molecule has 29 heavy (non-hydrogen) atoms. The molecule has 0 radical (unpaired) electrons. The molecular formula is C19H28N7O2S+. The quantitative estimate of drug-likeness (QED) is 0.493. The molecule has 3 aliphatic heterocycles. The van der Waals surface area contributed by atoms with Crippen molar-refractivity contribution < 1.29 is 9.66 Å². The van der Waals surface area contributed by atoms with Crippen LogP contribution in [0.25, 0.3) is 0 Å². The van der Waals surface area contributed by atoms with Crippen molar-refractivity contribution in [1.82, 2.24) is 20.5 Å². The van der Waals surface area contributed by atoms with Crippen molar-refractivity contribution >= 4 is 23.4 Å². The number of nitroso groups, excluding NO2 is 1.